The van der Waals surface area contributed by atoms with Crippen LogP contribution in [0.4, 0.5) is 0 Å². The van der Waals surface area contributed by atoms with Gasteiger partial charge in [-0.15, -0.1) is 0 Å². The van der Waals surface area contributed by atoms with Crippen LogP contribution in [-0.2, 0) is 9.53 Å². The van der Waals surface area contributed by atoms with E-state index in [2.05, 4.69) is 12.0 Å². The molecule has 3 atom stereocenters. The normalized spacial score (nSPS) is 33.4. The molecule has 3 fully saturated rings. The fraction of sp³-hybridized carbons (Fsp3) is 0.773. The van der Waals surface area contributed by atoms with Gasteiger partial charge in [0.1, 0.15) is 11.9 Å². The number of rotatable bonds is 4. The molecule has 0 spiro atoms. The number of hydrogen-bond donors (Lipinski definition) is 1. The second kappa shape index (κ2) is 8.86. The molecule has 7 heteroatoms. The maximum Gasteiger partial charge on any atom is 0.274 e. The van der Waals surface area contributed by atoms with E-state index in [1.807, 2.05) is 11.1 Å². The van der Waals surface area contributed by atoms with Gasteiger partial charge in [0.2, 0.25) is 5.91 Å². The molecule has 1 aromatic heterocycles. The molecule has 7 nitrogen and oxygen atoms in total. The third-order valence-corrected chi connectivity index (χ3v) is 7.19. The number of amides is 2. The molecule has 1 aromatic rings. The van der Waals surface area contributed by atoms with Crippen molar-refractivity contribution in [2.45, 2.75) is 77.0 Å². The number of ether oxygens (including phenoxy) is 1. The molecule has 2 aliphatic heterocycles. The molecule has 160 valence electrons. The maximum atomic E-state index is 13.4. The van der Waals surface area contributed by atoms with Crippen molar-refractivity contribution < 1.29 is 14.3 Å². The van der Waals surface area contributed by atoms with Crippen molar-refractivity contribution in [2.24, 2.45) is 23.5 Å². The van der Waals surface area contributed by atoms with Crippen molar-refractivity contribution >= 4 is 11.8 Å². The molecule has 3 aliphatic rings. The van der Waals surface area contributed by atoms with Gasteiger partial charge in [-0.1, -0.05) is 19.8 Å². The van der Waals surface area contributed by atoms with Gasteiger partial charge in [-0.25, -0.2) is 4.68 Å². The first-order valence-corrected chi connectivity index (χ1v) is 11.3. The first kappa shape index (κ1) is 20.4. The molecule has 2 amide bonds. The standard InChI is InChI=1S/C22H34N4O3/c1-15-5-7-16(8-6-15)19-14-17(21(23)27)9-11-25(19)22(28)18-10-12-26(24-18)20-4-2-3-13-29-20/h10,12,15-17,19-20H,2-9,11,13-14H2,1H3,(H2,23,27). The van der Waals surface area contributed by atoms with E-state index in [9.17, 15) is 9.59 Å². The third kappa shape index (κ3) is 4.49. The van der Waals surface area contributed by atoms with Crippen LogP contribution in [0.15, 0.2) is 12.3 Å². The summed E-state index contributed by atoms with van der Waals surface area (Å²) >= 11 is 0. The highest BCUT2D eigenvalue weighted by Gasteiger charge is 2.40. The first-order valence-electron chi connectivity index (χ1n) is 11.3. The highest BCUT2D eigenvalue weighted by atomic mass is 16.5. The Hall–Kier alpha value is -1.89. The van der Waals surface area contributed by atoms with Crippen molar-refractivity contribution in [3.8, 4) is 0 Å². The summed E-state index contributed by atoms with van der Waals surface area (Å²) < 4.78 is 7.58. The Morgan fingerprint density at radius 3 is 2.62 bits per heavy atom. The predicted molar refractivity (Wildman–Crippen MR) is 109 cm³/mol. The van der Waals surface area contributed by atoms with Crippen LogP contribution >= 0.6 is 0 Å². The largest absolute Gasteiger partial charge is 0.369 e. The lowest BCUT2D eigenvalue weighted by molar-refractivity contribution is -0.124. The summed E-state index contributed by atoms with van der Waals surface area (Å²) in [4.78, 5) is 27.2. The summed E-state index contributed by atoms with van der Waals surface area (Å²) in [6, 6.07) is 1.89. The Morgan fingerprint density at radius 2 is 1.93 bits per heavy atom. The van der Waals surface area contributed by atoms with E-state index in [1.54, 1.807) is 10.7 Å². The molecule has 0 aromatic carbocycles. The molecule has 1 aliphatic carbocycles. The highest BCUT2D eigenvalue weighted by molar-refractivity contribution is 5.92. The maximum absolute atomic E-state index is 13.4. The smallest absolute Gasteiger partial charge is 0.274 e. The number of carbonyl (C=O) groups is 2. The zero-order chi connectivity index (χ0) is 20.4. The lowest BCUT2D eigenvalue weighted by atomic mass is 9.74. The molecule has 1 saturated carbocycles. The Bertz CT molecular complexity index is 719. The second-order valence-electron chi connectivity index (χ2n) is 9.21. The number of aromatic nitrogens is 2. The number of carbonyl (C=O) groups excluding carboxylic acids is 2. The van der Waals surface area contributed by atoms with E-state index in [-0.39, 0.29) is 30.0 Å². The number of hydrogen-bond acceptors (Lipinski definition) is 4. The van der Waals surface area contributed by atoms with Crippen LogP contribution in [-0.4, -0.2) is 45.7 Å². The van der Waals surface area contributed by atoms with Crippen LogP contribution in [0.2, 0.25) is 0 Å². The van der Waals surface area contributed by atoms with Gasteiger partial charge < -0.3 is 15.4 Å². The Labute approximate surface area is 172 Å². The molecule has 3 heterocycles. The Balaban J connectivity index is 1.50. The first-order chi connectivity index (χ1) is 14.0. The number of likely N-dealkylation sites (tertiary alicyclic amines) is 1. The predicted octanol–water partition coefficient (Wildman–Crippen LogP) is 3.11. The minimum Gasteiger partial charge on any atom is -0.369 e. The van der Waals surface area contributed by atoms with Crippen LogP contribution < -0.4 is 5.73 Å². The Morgan fingerprint density at radius 1 is 1.14 bits per heavy atom. The topological polar surface area (TPSA) is 90.5 Å². The van der Waals surface area contributed by atoms with E-state index >= 15 is 0 Å². The Kier molecular flexibility index (Phi) is 6.23. The van der Waals surface area contributed by atoms with E-state index in [1.165, 1.54) is 12.8 Å². The summed E-state index contributed by atoms with van der Waals surface area (Å²) in [6.07, 6.45) is 10.9. The minimum atomic E-state index is -0.231. The quantitative estimate of drug-likeness (QED) is 0.838. The van der Waals surface area contributed by atoms with Crippen molar-refractivity contribution in [3.63, 3.8) is 0 Å². The molecule has 3 unspecified atom stereocenters. The monoisotopic (exact) mass is 402 g/mol. The molecule has 2 saturated heterocycles. The van der Waals surface area contributed by atoms with Gasteiger partial charge in [0.05, 0.1) is 0 Å². The van der Waals surface area contributed by atoms with Gasteiger partial charge in [-0.2, -0.15) is 5.10 Å². The molecule has 0 bridgehead atoms. The van der Waals surface area contributed by atoms with Crippen molar-refractivity contribution in [1.29, 1.82) is 0 Å². The van der Waals surface area contributed by atoms with Crippen molar-refractivity contribution in [3.05, 3.63) is 18.0 Å². The van der Waals surface area contributed by atoms with Gasteiger partial charge in [0, 0.05) is 31.3 Å². The second-order valence-corrected chi connectivity index (χ2v) is 9.21. The van der Waals surface area contributed by atoms with Crippen LogP contribution in [0.25, 0.3) is 0 Å². The summed E-state index contributed by atoms with van der Waals surface area (Å²) in [5.41, 5.74) is 6.11. The zero-order valence-electron chi connectivity index (χ0n) is 17.5. The SMILES string of the molecule is CC1CCC(C2CC(C(N)=O)CCN2C(=O)c2ccn(C3CCCCO3)n2)CC1. The number of piperidine rings is 1. The lowest BCUT2D eigenvalue weighted by Gasteiger charge is -2.44. The molecule has 2 N–H and O–H groups in total. The van der Waals surface area contributed by atoms with E-state index < -0.39 is 0 Å². The highest BCUT2D eigenvalue weighted by Crippen LogP contribution is 2.38. The average molecular weight is 403 g/mol. The van der Waals surface area contributed by atoms with Crippen LogP contribution in [0, 0.1) is 17.8 Å². The average Bonchev–Trinajstić information content (AvgIpc) is 3.24. The molecular weight excluding hydrogens is 368 g/mol. The number of nitrogens with zero attached hydrogens (tertiary/aromatic N) is 3. The van der Waals surface area contributed by atoms with Crippen LogP contribution in [0.5, 0.6) is 0 Å². The molecule has 4 rings (SSSR count). The van der Waals surface area contributed by atoms with Crippen LogP contribution in [0.1, 0.15) is 81.4 Å². The van der Waals surface area contributed by atoms with Gasteiger partial charge in [-0.05, 0) is 62.8 Å². The molecular formula is C22H34N4O3. The molecule has 0 radical (unpaired) electrons. The third-order valence-electron chi connectivity index (χ3n) is 7.19. The summed E-state index contributed by atoms with van der Waals surface area (Å²) in [5, 5.41) is 4.56. The lowest BCUT2D eigenvalue weighted by Crippen LogP contribution is -2.52. The van der Waals surface area contributed by atoms with Crippen molar-refractivity contribution in [2.75, 3.05) is 13.2 Å². The van der Waals surface area contributed by atoms with Gasteiger partial charge in [0.15, 0.2) is 0 Å². The van der Waals surface area contributed by atoms with Crippen molar-refractivity contribution in [1.82, 2.24) is 14.7 Å². The zero-order valence-corrected chi connectivity index (χ0v) is 17.5. The van der Waals surface area contributed by atoms with E-state index in [0.717, 1.165) is 44.6 Å². The van der Waals surface area contributed by atoms with E-state index in [4.69, 9.17) is 10.5 Å². The number of nitrogens with two attached hydrogens (primary N) is 1. The van der Waals surface area contributed by atoms with Gasteiger partial charge in [0.25, 0.3) is 5.91 Å². The van der Waals surface area contributed by atoms with Crippen LogP contribution in [0.3, 0.4) is 0 Å². The summed E-state index contributed by atoms with van der Waals surface area (Å²) in [6.45, 7) is 3.62. The fourth-order valence-corrected chi connectivity index (χ4v) is 5.32. The summed E-state index contributed by atoms with van der Waals surface area (Å²) in [7, 11) is 0. The minimum absolute atomic E-state index is 0.0221. The van der Waals surface area contributed by atoms with E-state index in [0.29, 0.717) is 31.0 Å². The van der Waals surface area contributed by atoms with Gasteiger partial charge in [-0.3, -0.25) is 9.59 Å². The molecule has 29 heavy (non-hydrogen) atoms. The number of primary amides is 1. The fourth-order valence-electron chi connectivity index (χ4n) is 5.32. The van der Waals surface area contributed by atoms with Gasteiger partial charge >= 0.3 is 0 Å². The summed E-state index contributed by atoms with van der Waals surface area (Å²) in [5.74, 6) is 0.811.